The molecule has 1 saturated carbocycles. The standard InChI is InChI=1S/C12H25NO2S/c1-12(2,3)16(14,15)9-11(13)10-7-5-4-6-8-10/h10-11H,4-9,13H2,1-3H3. The Morgan fingerprint density at radius 3 is 2.12 bits per heavy atom. The summed E-state index contributed by atoms with van der Waals surface area (Å²) < 4.78 is 23.4. The third kappa shape index (κ3) is 3.45. The molecule has 0 aliphatic heterocycles. The highest BCUT2D eigenvalue weighted by molar-refractivity contribution is 7.92. The van der Waals surface area contributed by atoms with Crippen LogP contribution in [0, 0.1) is 5.92 Å². The van der Waals surface area contributed by atoms with Crippen LogP contribution in [0.15, 0.2) is 0 Å². The second-order valence-electron chi connectivity index (χ2n) is 5.96. The van der Waals surface area contributed by atoms with Gasteiger partial charge in [0.05, 0.1) is 10.5 Å². The summed E-state index contributed by atoms with van der Waals surface area (Å²) in [7, 11) is -3.07. The minimum absolute atomic E-state index is 0.140. The summed E-state index contributed by atoms with van der Waals surface area (Å²) in [4.78, 5) is 0. The minimum atomic E-state index is -3.07. The lowest BCUT2D eigenvalue weighted by atomic mass is 9.85. The van der Waals surface area contributed by atoms with E-state index in [0.29, 0.717) is 5.92 Å². The van der Waals surface area contributed by atoms with Crippen molar-refractivity contribution in [1.29, 1.82) is 0 Å². The molecule has 0 amide bonds. The molecule has 0 spiro atoms. The van der Waals surface area contributed by atoms with Crippen LogP contribution in [0.3, 0.4) is 0 Å². The summed E-state index contributed by atoms with van der Waals surface area (Å²) in [5.41, 5.74) is 6.05. The summed E-state index contributed by atoms with van der Waals surface area (Å²) in [5, 5.41) is 0. The third-order valence-electron chi connectivity index (χ3n) is 3.60. The predicted molar refractivity (Wildman–Crippen MR) is 68.1 cm³/mol. The Morgan fingerprint density at radius 1 is 1.19 bits per heavy atom. The molecule has 1 rings (SSSR count). The summed E-state index contributed by atoms with van der Waals surface area (Å²) in [6.07, 6.45) is 5.87. The van der Waals surface area contributed by atoms with Gasteiger partial charge in [-0.25, -0.2) is 8.42 Å². The van der Waals surface area contributed by atoms with Crippen molar-refractivity contribution >= 4 is 9.84 Å². The Labute approximate surface area is 99.7 Å². The number of nitrogens with two attached hydrogens (primary N) is 1. The van der Waals surface area contributed by atoms with Gasteiger partial charge in [0.2, 0.25) is 0 Å². The topological polar surface area (TPSA) is 60.2 Å². The van der Waals surface area contributed by atoms with Gasteiger partial charge in [0.15, 0.2) is 9.84 Å². The van der Waals surface area contributed by atoms with Gasteiger partial charge >= 0.3 is 0 Å². The monoisotopic (exact) mass is 247 g/mol. The minimum Gasteiger partial charge on any atom is -0.327 e. The van der Waals surface area contributed by atoms with Crippen LogP contribution >= 0.6 is 0 Å². The van der Waals surface area contributed by atoms with Gasteiger partial charge in [-0.2, -0.15) is 0 Å². The molecule has 2 N–H and O–H groups in total. The van der Waals surface area contributed by atoms with E-state index < -0.39 is 14.6 Å². The van der Waals surface area contributed by atoms with E-state index in [1.807, 2.05) is 0 Å². The Morgan fingerprint density at radius 2 is 1.69 bits per heavy atom. The summed E-state index contributed by atoms with van der Waals surface area (Å²) in [5.74, 6) is 0.548. The lowest BCUT2D eigenvalue weighted by Crippen LogP contribution is -2.43. The lowest BCUT2D eigenvalue weighted by Gasteiger charge is -2.29. The van der Waals surface area contributed by atoms with E-state index in [9.17, 15) is 8.42 Å². The smallest absolute Gasteiger partial charge is 0.156 e. The zero-order valence-corrected chi connectivity index (χ0v) is 11.5. The number of hydrogen-bond acceptors (Lipinski definition) is 3. The first-order valence-electron chi connectivity index (χ1n) is 6.22. The first-order chi connectivity index (χ1) is 7.24. The third-order valence-corrected chi connectivity index (χ3v) is 6.29. The summed E-state index contributed by atoms with van der Waals surface area (Å²) in [6.45, 7) is 5.24. The maximum Gasteiger partial charge on any atom is 0.156 e. The SMILES string of the molecule is CC(C)(C)S(=O)(=O)CC(N)C1CCCCC1. The average molecular weight is 247 g/mol. The zero-order chi connectivity index (χ0) is 12.4. The Hall–Kier alpha value is -0.0900. The van der Waals surface area contributed by atoms with Crippen molar-refractivity contribution < 1.29 is 8.42 Å². The van der Waals surface area contributed by atoms with Crippen LogP contribution in [0.4, 0.5) is 0 Å². The fourth-order valence-corrected chi connectivity index (χ4v) is 3.48. The maximum absolute atomic E-state index is 12.0. The molecule has 0 heterocycles. The number of hydrogen-bond donors (Lipinski definition) is 1. The predicted octanol–water partition coefficient (Wildman–Crippen LogP) is 2.11. The molecule has 16 heavy (non-hydrogen) atoms. The highest BCUT2D eigenvalue weighted by Gasteiger charge is 2.33. The first kappa shape index (κ1) is 14.0. The second-order valence-corrected chi connectivity index (χ2v) is 8.74. The van der Waals surface area contributed by atoms with E-state index in [1.54, 1.807) is 20.8 Å². The van der Waals surface area contributed by atoms with Crippen LogP contribution in [0.1, 0.15) is 52.9 Å². The van der Waals surface area contributed by atoms with Crippen molar-refractivity contribution in [1.82, 2.24) is 0 Å². The van der Waals surface area contributed by atoms with Gasteiger partial charge < -0.3 is 5.73 Å². The molecule has 1 fully saturated rings. The van der Waals surface area contributed by atoms with Gasteiger partial charge in [0.1, 0.15) is 0 Å². The second kappa shape index (κ2) is 5.05. The molecule has 0 bridgehead atoms. The summed E-state index contributed by atoms with van der Waals surface area (Å²) in [6, 6.07) is -0.176. The van der Waals surface area contributed by atoms with Crippen LogP contribution in [0.2, 0.25) is 0 Å². The quantitative estimate of drug-likeness (QED) is 0.831. The summed E-state index contributed by atoms with van der Waals surface area (Å²) >= 11 is 0. The maximum atomic E-state index is 12.0. The Kier molecular flexibility index (Phi) is 4.41. The van der Waals surface area contributed by atoms with E-state index in [0.717, 1.165) is 12.8 Å². The van der Waals surface area contributed by atoms with Crippen molar-refractivity contribution in [2.75, 3.05) is 5.75 Å². The van der Waals surface area contributed by atoms with Gasteiger partial charge in [-0.15, -0.1) is 0 Å². The van der Waals surface area contributed by atoms with Crippen LogP contribution in [0.5, 0.6) is 0 Å². The Balaban J connectivity index is 2.60. The number of rotatable bonds is 3. The fourth-order valence-electron chi connectivity index (χ4n) is 2.20. The number of sulfone groups is 1. The van der Waals surface area contributed by atoms with Crippen molar-refractivity contribution in [3.63, 3.8) is 0 Å². The van der Waals surface area contributed by atoms with E-state index in [1.165, 1.54) is 19.3 Å². The molecule has 0 radical (unpaired) electrons. The van der Waals surface area contributed by atoms with Crippen molar-refractivity contribution in [2.45, 2.75) is 63.7 Å². The highest BCUT2D eigenvalue weighted by atomic mass is 32.2. The molecular formula is C12H25NO2S. The van der Waals surface area contributed by atoms with Crippen molar-refractivity contribution in [3.05, 3.63) is 0 Å². The molecule has 96 valence electrons. The molecule has 0 aromatic carbocycles. The Bertz CT molecular complexity index is 310. The van der Waals surface area contributed by atoms with Crippen LogP contribution < -0.4 is 5.73 Å². The van der Waals surface area contributed by atoms with Gasteiger partial charge in [-0.1, -0.05) is 19.3 Å². The van der Waals surface area contributed by atoms with Gasteiger partial charge in [0, 0.05) is 6.04 Å². The van der Waals surface area contributed by atoms with E-state index in [-0.39, 0.29) is 11.8 Å². The molecule has 1 unspecified atom stereocenters. The largest absolute Gasteiger partial charge is 0.327 e. The molecule has 1 aliphatic rings. The van der Waals surface area contributed by atoms with Gasteiger partial charge in [-0.3, -0.25) is 0 Å². The molecular weight excluding hydrogens is 222 g/mol. The first-order valence-corrected chi connectivity index (χ1v) is 7.87. The molecule has 0 saturated heterocycles. The van der Waals surface area contributed by atoms with Gasteiger partial charge in [0.25, 0.3) is 0 Å². The van der Waals surface area contributed by atoms with E-state index in [4.69, 9.17) is 5.73 Å². The molecule has 1 atom stereocenters. The average Bonchev–Trinajstić information content (AvgIpc) is 2.16. The van der Waals surface area contributed by atoms with Crippen LogP contribution in [-0.2, 0) is 9.84 Å². The van der Waals surface area contributed by atoms with Crippen LogP contribution in [0.25, 0.3) is 0 Å². The van der Waals surface area contributed by atoms with Crippen molar-refractivity contribution in [2.24, 2.45) is 11.7 Å². The van der Waals surface area contributed by atoms with Crippen molar-refractivity contribution in [3.8, 4) is 0 Å². The van der Waals surface area contributed by atoms with E-state index >= 15 is 0 Å². The highest BCUT2D eigenvalue weighted by Crippen LogP contribution is 2.27. The zero-order valence-electron chi connectivity index (χ0n) is 10.7. The molecule has 0 aromatic rings. The normalized spacial score (nSPS) is 22.0. The van der Waals surface area contributed by atoms with E-state index in [2.05, 4.69) is 0 Å². The van der Waals surface area contributed by atoms with Crippen LogP contribution in [-0.4, -0.2) is 25.0 Å². The van der Waals surface area contributed by atoms with Gasteiger partial charge in [-0.05, 0) is 39.5 Å². The fraction of sp³-hybridized carbons (Fsp3) is 1.00. The molecule has 3 nitrogen and oxygen atoms in total. The molecule has 4 heteroatoms. The molecule has 0 aromatic heterocycles. The molecule has 1 aliphatic carbocycles. The lowest BCUT2D eigenvalue weighted by molar-refractivity contribution is 0.316.